The first-order valence-electron chi connectivity index (χ1n) is 10.2. The molecule has 0 saturated heterocycles. The lowest BCUT2D eigenvalue weighted by Gasteiger charge is -2.09. The summed E-state index contributed by atoms with van der Waals surface area (Å²) in [6, 6.07) is 18.6. The fourth-order valence-electron chi connectivity index (χ4n) is 2.97. The van der Waals surface area contributed by atoms with Gasteiger partial charge >= 0.3 is 0 Å². The Labute approximate surface area is 206 Å². The number of carbonyl (C=O) groups excluding carboxylic acids is 2. The molecule has 0 bridgehead atoms. The Morgan fingerprint density at radius 1 is 1.03 bits per heavy atom. The smallest absolute Gasteiger partial charge is 0.249 e. The third-order valence-electron chi connectivity index (χ3n) is 4.64. The number of hydrogen-bond donors (Lipinski definition) is 2. The molecule has 3 aromatic rings. The number of hydrogen-bond acceptors (Lipinski definition) is 4. The highest BCUT2D eigenvalue weighted by molar-refractivity contribution is 9.10. The van der Waals surface area contributed by atoms with Gasteiger partial charge in [0, 0.05) is 10.7 Å². The molecule has 0 aromatic heterocycles. The minimum Gasteiger partial charge on any atom is -0.488 e. The van der Waals surface area contributed by atoms with E-state index in [0.29, 0.717) is 23.1 Å². The SMILES string of the molecule is Cc1ccc(NC(=O)CC(=O)NN=Cc2ccc(OCc3ccc(Cl)cc3)c(Br)c2)c(C)c1. The largest absolute Gasteiger partial charge is 0.488 e. The fraction of sp³-hybridized carbons (Fsp3) is 0.160. The summed E-state index contributed by atoms with van der Waals surface area (Å²) >= 11 is 9.37. The van der Waals surface area contributed by atoms with E-state index in [1.54, 1.807) is 6.07 Å². The van der Waals surface area contributed by atoms with Crippen molar-refractivity contribution >= 4 is 51.2 Å². The predicted octanol–water partition coefficient (Wildman–Crippen LogP) is 5.78. The fourth-order valence-corrected chi connectivity index (χ4v) is 3.61. The van der Waals surface area contributed by atoms with Crippen molar-refractivity contribution < 1.29 is 14.3 Å². The molecule has 0 heterocycles. The molecular formula is C25H23BrClN3O3. The molecule has 0 radical (unpaired) electrons. The molecule has 6 nitrogen and oxygen atoms in total. The lowest BCUT2D eigenvalue weighted by Crippen LogP contribution is -2.24. The highest BCUT2D eigenvalue weighted by Gasteiger charge is 2.10. The Kier molecular flexibility index (Phi) is 8.63. The number of carbonyl (C=O) groups is 2. The molecule has 0 atom stereocenters. The Balaban J connectivity index is 1.47. The lowest BCUT2D eigenvalue weighted by atomic mass is 10.1. The van der Waals surface area contributed by atoms with Crippen LogP contribution in [0.1, 0.15) is 28.7 Å². The average molecular weight is 529 g/mol. The van der Waals surface area contributed by atoms with Gasteiger partial charge in [-0.25, -0.2) is 5.43 Å². The molecule has 3 rings (SSSR count). The second kappa shape index (κ2) is 11.6. The molecule has 0 aliphatic carbocycles. The molecule has 0 aliphatic heterocycles. The summed E-state index contributed by atoms with van der Waals surface area (Å²) in [6.45, 7) is 4.28. The van der Waals surface area contributed by atoms with Crippen molar-refractivity contribution in [2.24, 2.45) is 5.10 Å². The summed E-state index contributed by atoms with van der Waals surface area (Å²) in [4.78, 5) is 24.1. The highest BCUT2D eigenvalue weighted by Crippen LogP contribution is 2.26. The van der Waals surface area contributed by atoms with Crippen molar-refractivity contribution in [2.75, 3.05) is 5.32 Å². The van der Waals surface area contributed by atoms with Gasteiger partial charge in [0.25, 0.3) is 0 Å². The van der Waals surface area contributed by atoms with Crippen molar-refractivity contribution in [1.82, 2.24) is 5.43 Å². The monoisotopic (exact) mass is 527 g/mol. The lowest BCUT2D eigenvalue weighted by molar-refractivity contribution is -0.126. The van der Waals surface area contributed by atoms with Gasteiger partial charge in [0.1, 0.15) is 18.8 Å². The van der Waals surface area contributed by atoms with E-state index in [1.807, 2.05) is 68.4 Å². The molecule has 0 fully saturated rings. The van der Waals surface area contributed by atoms with Gasteiger partial charge < -0.3 is 10.1 Å². The number of ether oxygens (including phenoxy) is 1. The summed E-state index contributed by atoms with van der Waals surface area (Å²) in [5.74, 6) is -0.232. The van der Waals surface area contributed by atoms with Crippen molar-refractivity contribution in [2.45, 2.75) is 26.9 Å². The third-order valence-corrected chi connectivity index (χ3v) is 5.52. The summed E-state index contributed by atoms with van der Waals surface area (Å²) in [5, 5.41) is 7.34. The maximum absolute atomic E-state index is 12.1. The van der Waals surface area contributed by atoms with Crippen LogP contribution in [-0.4, -0.2) is 18.0 Å². The van der Waals surface area contributed by atoms with Crippen molar-refractivity contribution in [3.63, 3.8) is 0 Å². The van der Waals surface area contributed by atoms with E-state index in [2.05, 4.69) is 31.8 Å². The van der Waals surface area contributed by atoms with Crippen LogP contribution >= 0.6 is 27.5 Å². The van der Waals surface area contributed by atoms with Gasteiger partial charge in [0.2, 0.25) is 11.8 Å². The number of nitrogens with zero attached hydrogens (tertiary/aromatic N) is 1. The van der Waals surface area contributed by atoms with Gasteiger partial charge in [0.05, 0.1) is 10.7 Å². The van der Waals surface area contributed by atoms with Crippen LogP contribution in [0.4, 0.5) is 5.69 Å². The van der Waals surface area contributed by atoms with Crippen LogP contribution in [0.2, 0.25) is 5.02 Å². The number of aryl methyl sites for hydroxylation is 2. The number of rotatable bonds is 8. The molecule has 33 heavy (non-hydrogen) atoms. The summed E-state index contributed by atoms with van der Waals surface area (Å²) < 4.78 is 6.57. The molecule has 170 valence electrons. The highest BCUT2D eigenvalue weighted by atomic mass is 79.9. The second-order valence-electron chi connectivity index (χ2n) is 7.44. The molecule has 0 saturated carbocycles. The summed E-state index contributed by atoms with van der Waals surface area (Å²) in [7, 11) is 0. The van der Waals surface area contributed by atoms with Crippen LogP contribution in [-0.2, 0) is 16.2 Å². The van der Waals surface area contributed by atoms with Crippen LogP contribution in [0.25, 0.3) is 0 Å². The van der Waals surface area contributed by atoms with Gasteiger partial charge in [-0.15, -0.1) is 0 Å². The van der Waals surface area contributed by atoms with E-state index in [9.17, 15) is 9.59 Å². The number of amides is 2. The van der Waals surface area contributed by atoms with E-state index in [4.69, 9.17) is 16.3 Å². The molecule has 3 aromatic carbocycles. The quantitative estimate of drug-likeness (QED) is 0.221. The van der Waals surface area contributed by atoms with E-state index < -0.39 is 11.8 Å². The first-order chi connectivity index (χ1) is 15.8. The normalized spacial score (nSPS) is 10.8. The van der Waals surface area contributed by atoms with E-state index >= 15 is 0 Å². The van der Waals surface area contributed by atoms with E-state index in [-0.39, 0.29) is 6.42 Å². The molecule has 8 heteroatoms. The van der Waals surface area contributed by atoms with Crippen molar-refractivity contribution in [3.05, 3.63) is 92.4 Å². The van der Waals surface area contributed by atoms with Gasteiger partial charge in [0.15, 0.2) is 0 Å². The van der Waals surface area contributed by atoms with E-state index in [1.165, 1.54) is 6.21 Å². The standard InChI is InChI=1S/C25H23BrClN3O3/c1-16-3-9-22(17(2)11-16)29-24(31)13-25(32)30-28-14-19-6-10-23(21(26)12-19)33-15-18-4-7-20(27)8-5-18/h3-12,14H,13,15H2,1-2H3,(H,29,31)(H,30,32). The Morgan fingerprint density at radius 2 is 1.79 bits per heavy atom. The first-order valence-corrected chi connectivity index (χ1v) is 11.3. The predicted molar refractivity (Wildman–Crippen MR) is 135 cm³/mol. The Hall–Kier alpha value is -3.16. The number of benzene rings is 3. The molecule has 2 amide bonds. The molecular weight excluding hydrogens is 506 g/mol. The van der Waals surface area contributed by atoms with Crippen molar-refractivity contribution in [1.29, 1.82) is 0 Å². The van der Waals surface area contributed by atoms with Gasteiger partial charge in [-0.2, -0.15) is 5.10 Å². The summed E-state index contributed by atoms with van der Waals surface area (Å²) in [6.07, 6.45) is 1.17. The van der Waals surface area contributed by atoms with Crippen molar-refractivity contribution in [3.8, 4) is 5.75 Å². The van der Waals surface area contributed by atoms with Crippen LogP contribution in [0, 0.1) is 13.8 Å². The van der Waals surface area contributed by atoms with Gasteiger partial charge in [-0.1, -0.05) is 41.4 Å². The zero-order valence-corrected chi connectivity index (χ0v) is 20.5. The Morgan fingerprint density at radius 3 is 2.48 bits per heavy atom. The van der Waals surface area contributed by atoms with Crippen LogP contribution in [0.5, 0.6) is 5.75 Å². The number of hydrazone groups is 1. The molecule has 0 unspecified atom stereocenters. The second-order valence-corrected chi connectivity index (χ2v) is 8.73. The topological polar surface area (TPSA) is 79.8 Å². The number of nitrogens with one attached hydrogen (secondary N) is 2. The number of halogens is 2. The van der Waals surface area contributed by atoms with Crippen LogP contribution < -0.4 is 15.5 Å². The Bertz CT molecular complexity index is 1180. The van der Waals surface area contributed by atoms with Crippen LogP contribution in [0.15, 0.2) is 70.2 Å². The number of anilines is 1. The molecule has 2 N–H and O–H groups in total. The van der Waals surface area contributed by atoms with Gasteiger partial charge in [-0.3, -0.25) is 9.59 Å². The molecule has 0 spiro atoms. The minimum absolute atomic E-state index is 0.328. The molecule has 0 aliphatic rings. The first kappa shape index (κ1) is 24.5. The van der Waals surface area contributed by atoms with Crippen LogP contribution in [0.3, 0.4) is 0 Å². The maximum atomic E-state index is 12.1. The van der Waals surface area contributed by atoms with Gasteiger partial charge in [-0.05, 0) is 82.9 Å². The maximum Gasteiger partial charge on any atom is 0.249 e. The zero-order chi connectivity index (χ0) is 23.8. The van der Waals surface area contributed by atoms with E-state index in [0.717, 1.165) is 26.7 Å². The summed E-state index contributed by atoms with van der Waals surface area (Å²) in [5.41, 5.74) is 6.85. The average Bonchev–Trinajstić information content (AvgIpc) is 2.76. The third kappa shape index (κ3) is 7.73. The minimum atomic E-state index is -0.504. The zero-order valence-electron chi connectivity index (χ0n) is 18.2.